The van der Waals surface area contributed by atoms with Crippen LogP contribution < -0.4 is 24.8 Å². The maximum Gasteiger partial charge on any atom is 2.00 e. The second-order valence-corrected chi connectivity index (χ2v) is 7.43. The topological polar surface area (TPSA) is 37.6 Å². The second-order valence-electron chi connectivity index (χ2n) is 7.43. The van der Waals surface area contributed by atoms with Gasteiger partial charge in [-0.05, 0) is 47.2 Å². The van der Waals surface area contributed by atoms with E-state index in [0.717, 1.165) is 22.8 Å². The number of nitrogens with zero attached hydrogens (tertiary/aromatic N) is 3. The van der Waals surface area contributed by atoms with Crippen LogP contribution in [-0.4, -0.2) is 17.4 Å². The predicted octanol–water partition coefficient (Wildman–Crippen LogP) is 0.835. The van der Waals surface area contributed by atoms with Crippen LogP contribution in [0.15, 0.2) is 76.7 Å². The number of rotatable bonds is 6. The van der Waals surface area contributed by atoms with Gasteiger partial charge in [-0.1, -0.05) is 70.2 Å². The number of aromatic nitrogens is 1. The summed E-state index contributed by atoms with van der Waals surface area (Å²) in [6, 6.07) is 22.4. The average molecular weight is 496 g/mol. The minimum Gasteiger partial charge on any atom is -1.00 e. The Kier molecular flexibility index (Phi) is 13.3. The molecular weight excluding hydrogens is 469 g/mol. The third kappa shape index (κ3) is 8.23. The SMILES string of the molecule is CC(C)c1ccccc1/N=C/c1cccc(/C=N/c2ccccc2C(C)C)n1.[Cl-].[Cl-].[Fe+2]. The zero-order chi connectivity index (χ0) is 19.9. The van der Waals surface area contributed by atoms with E-state index in [1.54, 1.807) is 0 Å². The molecule has 0 amide bonds. The molecule has 6 heteroatoms. The first-order valence-corrected chi connectivity index (χ1v) is 9.77. The van der Waals surface area contributed by atoms with Crippen molar-refractivity contribution in [3.05, 3.63) is 89.2 Å². The molecule has 0 aliphatic heterocycles. The molecule has 2 aromatic carbocycles. The minimum absolute atomic E-state index is 0. The van der Waals surface area contributed by atoms with Gasteiger partial charge in [-0.25, -0.2) is 4.98 Å². The van der Waals surface area contributed by atoms with Gasteiger partial charge in [-0.3, -0.25) is 9.98 Å². The van der Waals surface area contributed by atoms with Crippen molar-refractivity contribution < 1.29 is 41.9 Å². The molecule has 3 rings (SSSR count). The van der Waals surface area contributed by atoms with Gasteiger partial charge in [0, 0.05) is 0 Å². The van der Waals surface area contributed by atoms with E-state index in [1.165, 1.54) is 11.1 Å². The van der Waals surface area contributed by atoms with Crippen LogP contribution in [-0.2, 0) is 17.1 Å². The maximum atomic E-state index is 4.66. The van der Waals surface area contributed by atoms with E-state index in [0.29, 0.717) is 11.8 Å². The summed E-state index contributed by atoms with van der Waals surface area (Å²) < 4.78 is 0. The summed E-state index contributed by atoms with van der Waals surface area (Å²) in [5.41, 5.74) is 6.09. The van der Waals surface area contributed by atoms with Crippen LogP contribution in [0.3, 0.4) is 0 Å². The molecule has 0 spiro atoms. The largest absolute Gasteiger partial charge is 2.00 e. The number of halogens is 2. The summed E-state index contributed by atoms with van der Waals surface area (Å²) in [5.74, 6) is 0.863. The first-order chi connectivity index (χ1) is 13.5. The summed E-state index contributed by atoms with van der Waals surface area (Å²) in [7, 11) is 0. The Hall–Kier alpha value is -1.97. The van der Waals surface area contributed by atoms with E-state index in [9.17, 15) is 0 Å². The second kappa shape index (κ2) is 14.2. The zero-order valence-electron chi connectivity index (χ0n) is 18.1. The van der Waals surface area contributed by atoms with Crippen molar-refractivity contribution in [2.24, 2.45) is 9.98 Å². The molecule has 0 atom stereocenters. The van der Waals surface area contributed by atoms with Gasteiger partial charge in [0.25, 0.3) is 0 Å². The van der Waals surface area contributed by atoms with Crippen LogP contribution in [0.1, 0.15) is 62.0 Å². The van der Waals surface area contributed by atoms with Crippen LogP contribution >= 0.6 is 0 Å². The molecule has 0 unspecified atom stereocenters. The van der Waals surface area contributed by atoms with Crippen molar-refractivity contribution in [2.75, 3.05) is 0 Å². The molecule has 3 nitrogen and oxygen atoms in total. The number of aliphatic imine (C=N–C) groups is 2. The smallest absolute Gasteiger partial charge is 1.00 e. The van der Waals surface area contributed by atoms with Gasteiger partial charge in [0.05, 0.1) is 35.2 Å². The predicted molar refractivity (Wildman–Crippen MR) is 120 cm³/mol. The molecule has 0 aliphatic carbocycles. The van der Waals surface area contributed by atoms with Gasteiger partial charge >= 0.3 is 17.1 Å². The molecule has 31 heavy (non-hydrogen) atoms. The third-order valence-corrected chi connectivity index (χ3v) is 4.58. The van der Waals surface area contributed by atoms with E-state index in [-0.39, 0.29) is 41.9 Å². The number of hydrogen-bond acceptors (Lipinski definition) is 3. The summed E-state index contributed by atoms with van der Waals surface area (Å²) in [6.07, 6.45) is 3.64. The summed E-state index contributed by atoms with van der Waals surface area (Å²) in [6.45, 7) is 8.72. The molecule has 0 radical (unpaired) electrons. The van der Waals surface area contributed by atoms with Gasteiger partial charge in [0.1, 0.15) is 0 Å². The quantitative estimate of drug-likeness (QED) is 0.369. The van der Waals surface area contributed by atoms with Crippen LogP contribution in [0.5, 0.6) is 0 Å². The van der Waals surface area contributed by atoms with Crippen LogP contribution in [0.25, 0.3) is 0 Å². The fourth-order valence-electron chi connectivity index (χ4n) is 3.07. The molecular formula is C25H27Cl2FeN3. The number of para-hydroxylation sites is 2. The van der Waals surface area contributed by atoms with Gasteiger partial charge in [0.15, 0.2) is 0 Å². The summed E-state index contributed by atoms with van der Waals surface area (Å²) >= 11 is 0. The van der Waals surface area contributed by atoms with Crippen molar-refractivity contribution in [3.63, 3.8) is 0 Å². The van der Waals surface area contributed by atoms with Crippen molar-refractivity contribution in [1.82, 2.24) is 4.98 Å². The molecule has 1 aromatic heterocycles. The Bertz CT molecular complexity index is 925. The summed E-state index contributed by atoms with van der Waals surface area (Å²) in [5, 5.41) is 0. The van der Waals surface area contributed by atoms with Crippen molar-refractivity contribution in [2.45, 2.75) is 39.5 Å². The molecule has 0 N–H and O–H groups in total. The minimum atomic E-state index is 0. The Labute approximate surface area is 208 Å². The average Bonchev–Trinajstić information content (AvgIpc) is 2.71. The molecule has 164 valence electrons. The van der Waals surface area contributed by atoms with Gasteiger partial charge in [0.2, 0.25) is 0 Å². The standard InChI is InChI=1S/C25H27N3.2ClH.Fe/c1-18(2)22-12-5-7-14-24(22)26-16-20-10-9-11-21(28-20)17-27-25-15-8-6-13-23(25)19(3)4;;;/h5-19H,1-4H3;2*1H;/q;;;+2/p-2/b26-16+,27-17+;;;. The van der Waals surface area contributed by atoms with Crippen LogP contribution in [0.2, 0.25) is 0 Å². The molecule has 0 bridgehead atoms. The van der Waals surface area contributed by atoms with E-state index in [2.05, 4.69) is 66.9 Å². The third-order valence-electron chi connectivity index (χ3n) is 4.58. The van der Waals surface area contributed by atoms with Crippen molar-refractivity contribution in [3.8, 4) is 0 Å². The normalized spacial score (nSPS) is 10.8. The van der Waals surface area contributed by atoms with Gasteiger partial charge in [-0.2, -0.15) is 0 Å². The molecule has 1 heterocycles. The summed E-state index contributed by atoms with van der Waals surface area (Å²) in [4.78, 5) is 14.0. The zero-order valence-corrected chi connectivity index (χ0v) is 20.7. The van der Waals surface area contributed by atoms with E-state index in [4.69, 9.17) is 0 Å². The molecule has 3 aromatic rings. The van der Waals surface area contributed by atoms with E-state index in [1.807, 2.05) is 54.9 Å². The first-order valence-electron chi connectivity index (χ1n) is 9.77. The number of hydrogen-bond donors (Lipinski definition) is 0. The van der Waals surface area contributed by atoms with Crippen LogP contribution in [0.4, 0.5) is 11.4 Å². The van der Waals surface area contributed by atoms with E-state index >= 15 is 0 Å². The Balaban J connectivity index is 0.00000300. The Morgan fingerprint density at radius 3 is 1.39 bits per heavy atom. The number of pyridine rings is 1. The maximum absolute atomic E-state index is 4.66. The van der Waals surface area contributed by atoms with Gasteiger partial charge in [-0.15, -0.1) is 0 Å². The van der Waals surface area contributed by atoms with Gasteiger partial charge < -0.3 is 24.8 Å². The fourth-order valence-corrected chi connectivity index (χ4v) is 3.07. The Morgan fingerprint density at radius 1 is 0.613 bits per heavy atom. The van der Waals surface area contributed by atoms with Crippen molar-refractivity contribution >= 4 is 23.8 Å². The van der Waals surface area contributed by atoms with Crippen LogP contribution in [0, 0.1) is 0 Å². The molecule has 0 fully saturated rings. The molecule has 0 aliphatic rings. The van der Waals surface area contributed by atoms with E-state index < -0.39 is 0 Å². The number of benzene rings is 2. The first kappa shape index (κ1) is 29.0. The van der Waals surface area contributed by atoms with Crippen molar-refractivity contribution in [1.29, 1.82) is 0 Å². The Morgan fingerprint density at radius 2 is 1.00 bits per heavy atom. The fraction of sp³-hybridized carbons (Fsp3) is 0.240. The monoisotopic (exact) mass is 495 g/mol. The molecule has 0 saturated heterocycles. The molecule has 0 saturated carbocycles.